The monoisotopic (exact) mass is 401 g/mol. The van der Waals surface area contributed by atoms with E-state index in [0.717, 1.165) is 25.7 Å². The average molecular weight is 402 g/mol. The highest BCUT2D eigenvalue weighted by atomic mass is 16.5. The smallest absolute Gasteiger partial charge is 0.257 e. The van der Waals surface area contributed by atoms with Crippen LogP contribution in [0.3, 0.4) is 0 Å². The van der Waals surface area contributed by atoms with Gasteiger partial charge in [0, 0.05) is 33.1 Å². The first-order valence-electron chi connectivity index (χ1n) is 10.5. The molecule has 3 amide bonds. The van der Waals surface area contributed by atoms with Crippen LogP contribution in [0.5, 0.6) is 5.75 Å². The summed E-state index contributed by atoms with van der Waals surface area (Å²) in [6.45, 7) is 3.60. The van der Waals surface area contributed by atoms with E-state index in [0.29, 0.717) is 43.9 Å². The second kappa shape index (κ2) is 9.76. The molecular weight excluding hydrogens is 370 g/mol. The molecule has 1 saturated heterocycles. The van der Waals surface area contributed by atoms with Crippen LogP contribution < -0.4 is 10.1 Å². The van der Waals surface area contributed by atoms with E-state index in [2.05, 4.69) is 5.32 Å². The minimum Gasteiger partial charge on any atom is -0.496 e. The molecule has 0 radical (unpaired) electrons. The highest BCUT2D eigenvalue weighted by molar-refractivity contribution is 5.97. The lowest BCUT2D eigenvalue weighted by Crippen LogP contribution is -2.52. The molecule has 1 saturated carbocycles. The number of para-hydroxylation sites is 1. The van der Waals surface area contributed by atoms with Crippen LogP contribution in [0.4, 0.5) is 0 Å². The zero-order chi connectivity index (χ0) is 20.8. The van der Waals surface area contributed by atoms with Gasteiger partial charge in [0.15, 0.2) is 0 Å². The Hall–Kier alpha value is -2.57. The van der Waals surface area contributed by atoms with Gasteiger partial charge in [-0.25, -0.2) is 0 Å². The van der Waals surface area contributed by atoms with Crippen molar-refractivity contribution in [3.8, 4) is 5.75 Å². The highest BCUT2D eigenvalue weighted by Gasteiger charge is 2.35. The molecule has 158 valence electrons. The standard InChI is InChI=1S/C22H31N3O4/c1-16(26)23-20(17-8-3-4-9-17)22(28)25-13-7-12-24(14-15-25)21(27)18-10-5-6-11-19(18)29-2/h5-6,10-11,17,20H,3-4,7-9,12-15H2,1-2H3,(H,23,26). The summed E-state index contributed by atoms with van der Waals surface area (Å²) in [7, 11) is 1.56. The first-order valence-corrected chi connectivity index (χ1v) is 10.5. The van der Waals surface area contributed by atoms with Gasteiger partial charge in [0.25, 0.3) is 5.91 Å². The molecule has 1 unspecified atom stereocenters. The number of carbonyl (C=O) groups is 3. The Morgan fingerprint density at radius 3 is 2.34 bits per heavy atom. The molecule has 7 heteroatoms. The summed E-state index contributed by atoms with van der Waals surface area (Å²) < 4.78 is 5.32. The summed E-state index contributed by atoms with van der Waals surface area (Å²) in [5.41, 5.74) is 0.539. The molecule has 1 atom stereocenters. The predicted molar refractivity (Wildman–Crippen MR) is 110 cm³/mol. The van der Waals surface area contributed by atoms with Crippen LogP contribution in [0.15, 0.2) is 24.3 Å². The molecule has 0 spiro atoms. The van der Waals surface area contributed by atoms with E-state index >= 15 is 0 Å². The van der Waals surface area contributed by atoms with E-state index < -0.39 is 6.04 Å². The van der Waals surface area contributed by atoms with Crippen molar-refractivity contribution in [3.63, 3.8) is 0 Å². The topological polar surface area (TPSA) is 79.0 Å². The fourth-order valence-corrected chi connectivity index (χ4v) is 4.42. The fraction of sp³-hybridized carbons (Fsp3) is 0.591. The second-order valence-electron chi connectivity index (χ2n) is 7.89. The Balaban J connectivity index is 1.67. The molecule has 29 heavy (non-hydrogen) atoms. The third kappa shape index (κ3) is 5.08. The minimum absolute atomic E-state index is 0.0151. The number of rotatable bonds is 5. The number of benzene rings is 1. The SMILES string of the molecule is COc1ccccc1C(=O)N1CCCN(C(=O)C(NC(C)=O)C2CCCC2)CC1. The lowest BCUT2D eigenvalue weighted by molar-refractivity contribution is -0.137. The predicted octanol–water partition coefficient (Wildman–Crippen LogP) is 2.06. The third-order valence-corrected chi connectivity index (χ3v) is 5.93. The molecule has 0 bridgehead atoms. The number of carbonyl (C=O) groups excluding carboxylic acids is 3. The van der Waals surface area contributed by atoms with Crippen molar-refractivity contribution >= 4 is 17.7 Å². The first-order chi connectivity index (χ1) is 14.0. The highest BCUT2D eigenvalue weighted by Crippen LogP contribution is 2.29. The largest absolute Gasteiger partial charge is 0.496 e. The van der Waals surface area contributed by atoms with Gasteiger partial charge in [0.2, 0.25) is 11.8 Å². The maximum Gasteiger partial charge on any atom is 0.257 e. The summed E-state index contributed by atoms with van der Waals surface area (Å²) in [6, 6.07) is 6.75. The van der Waals surface area contributed by atoms with Crippen LogP contribution in [0.25, 0.3) is 0 Å². The van der Waals surface area contributed by atoms with Crippen molar-refractivity contribution in [3.05, 3.63) is 29.8 Å². The maximum atomic E-state index is 13.2. The van der Waals surface area contributed by atoms with Crippen LogP contribution in [0.1, 0.15) is 49.4 Å². The third-order valence-electron chi connectivity index (χ3n) is 5.93. The van der Waals surface area contributed by atoms with Crippen LogP contribution >= 0.6 is 0 Å². The van der Waals surface area contributed by atoms with E-state index in [1.54, 1.807) is 24.1 Å². The minimum atomic E-state index is -0.452. The molecule has 1 aliphatic carbocycles. The van der Waals surface area contributed by atoms with Crippen molar-refractivity contribution in [1.82, 2.24) is 15.1 Å². The number of hydrogen-bond acceptors (Lipinski definition) is 4. The molecule has 1 aromatic carbocycles. The summed E-state index contributed by atoms with van der Waals surface area (Å²) in [6.07, 6.45) is 4.88. The number of ether oxygens (including phenoxy) is 1. The molecule has 1 heterocycles. The molecular formula is C22H31N3O4. The van der Waals surface area contributed by atoms with Gasteiger partial charge in [-0.1, -0.05) is 25.0 Å². The molecule has 2 fully saturated rings. The first kappa shape index (κ1) is 21.1. The van der Waals surface area contributed by atoms with Crippen LogP contribution in [-0.2, 0) is 9.59 Å². The molecule has 1 aliphatic heterocycles. The van der Waals surface area contributed by atoms with E-state index in [4.69, 9.17) is 4.74 Å². The average Bonchev–Trinajstić information content (AvgIpc) is 3.15. The Labute approximate surface area is 172 Å². The summed E-state index contributed by atoms with van der Waals surface area (Å²) in [5.74, 6) is 0.505. The lowest BCUT2D eigenvalue weighted by atomic mass is 9.96. The Kier molecular flexibility index (Phi) is 7.12. The fourth-order valence-electron chi connectivity index (χ4n) is 4.42. The Morgan fingerprint density at radius 2 is 1.66 bits per heavy atom. The van der Waals surface area contributed by atoms with E-state index in [-0.39, 0.29) is 23.6 Å². The van der Waals surface area contributed by atoms with Crippen molar-refractivity contribution in [2.75, 3.05) is 33.3 Å². The summed E-state index contributed by atoms with van der Waals surface area (Å²) in [4.78, 5) is 41.5. The van der Waals surface area contributed by atoms with Gasteiger partial charge in [-0.3, -0.25) is 14.4 Å². The number of nitrogens with zero attached hydrogens (tertiary/aromatic N) is 2. The number of amides is 3. The van der Waals surface area contributed by atoms with Crippen molar-refractivity contribution in [1.29, 1.82) is 0 Å². The van der Waals surface area contributed by atoms with E-state index in [9.17, 15) is 14.4 Å². The van der Waals surface area contributed by atoms with Gasteiger partial charge < -0.3 is 19.9 Å². The molecule has 0 aromatic heterocycles. The summed E-state index contributed by atoms with van der Waals surface area (Å²) in [5, 5.41) is 2.89. The second-order valence-corrected chi connectivity index (χ2v) is 7.89. The lowest BCUT2D eigenvalue weighted by Gasteiger charge is -2.30. The Bertz CT molecular complexity index is 745. The molecule has 3 rings (SSSR count). The van der Waals surface area contributed by atoms with Crippen molar-refractivity contribution in [2.24, 2.45) is 5.92 Å². The number of hydrogen-bond donors (Lipinski definition) is 1. The number of nitrogens with one attached hydrogen (secondary N) is 1. The molecule has 7 nitrogen and oxygen atoms in total. The van der Waals surface area contributed by atoms with Crippen LogP contribution in [0.2, 0.25) is 0 Å². The van der Waals surface area contributed by atoms with Gasteiger partial charge in [-0.05, 0) is 37.3 Å². The van der Waals surface area contributed by atoms with Crippen LogP contribution in [-0.4, -0.2) is 66.9 Å². The van der Waals surface area contributed by atoms with Gasteiger partial charge in [-0.15, -0.1) is 0 Å². The van der Waals surface area contributed by atoms with E-state index in [1.807, 2.05) is 17.0 Å². The van der Waals surface area contributed by atoms with Crippen molar-refractivity contribution in [2.45, 2.75) is 45.1 Å². The van der Waals surface area contributed by atoms with Gasteiger partial charge >= 0.3 is 0 Å². The molecule has 1 N–H and O–H groups in total. The van der Waals surface area contributed by atoms with Crippen molar-refractivity contribution < 1.29 is 19.1 Å². The van der Waals surface area contributed by atoms with Gasteiger partial charge in [-0.2, -0.15) is 0 Å². The molecule has 1 aromatic rings. The Morgan fingerprint density at radius 1 is 1.00 bits per heavy atom. The molecule has 2 aliphatic rings. The number of methoxy groups -OCH3 is 1. The normalized spacial score (nSPS) is 18.8. The van der Waals surface area contributed by atoms with Gasteiger partial charge in [0.1, 0.15) is 11.8 Å². The van der Waals surface area contributed by atoms with E-state index in [1.165, 1.54) is 6.92 Å². The maximum absolute atomic E-state index is 13.2. The zero-order valence-corrected chi connectivity index (χ0v) is 17.4. The summed E-state index contributed by atoms with van der Waals surface area (Å²) >= 11 is 0. The zero-order valence-electron chi connectivity index (χ0n) is 17.4. The quantitative estimate of drug-likeness (QED) is 0.819. The van der Waals surface area contributed by atoms with Gasteiger partial charge in [0.05, 0.1) is 12.7 Å². The van der Waals surface area contributed by atoms with Crippen LogP contribution in [0, 0.1) is 5.92 Å².